The monoisotopic (exact) mass is 448 g/mol. The van der Waals surface area contributed by atoms with Crippen LogP contribution in [-0.2, 0) is 16.6 Å². The summed E-state index contributed by atoms with van der Waals surface area (Å²) in [6, 6.07) is 13.3. The standard InChI is InChI=1S/C30H40O3/c1-5-30(6-2,26-13-10-24(22(3)20-26)12-15-28(31)32)27-14-11-25(23(4)21-27)16-19-29(33)17-8-7-9-18-29/h10-11,13-14,16,19-21,33H,5-9,12,15,17-18H2,1-4H3,(H,31,32). The van der Waals surface area contributed by atoms with Gasteiger partial charge in [0, 0.05) is 11.8 Å². The molecule has 0 radical (unpaired) electrons. The molecule has 0 aliphatic heterocycles. The highest BCUT2D eigenvalue weighted by Gasteiger charge is 2.31. The van der Waals surface area contributed by atoms with Gasteiger partial charge in [0.1, 0.15) is 0 Å². The Labute approximate surface area is 199 Å². The molecule has 2 aromatic rings. The molecule has 2 N–H and O–H groups in total. The molecule has 0 atom stereocenters. The molecule has 0 amide bonds. The van der Waals surface area contributed by atoms with Crippen LogP contribution in [0.15, 0.2) is 42.5 Å². The van der Waals surface area contributed by atoms with Crippen molar-refractivity contribution in [2.75, 3.05) is 0 Å². The van der Waals surface area contributed by atoms with Gasteiger partial charge in [0.05, 0.1) is 5.60 Å². The van der Waals surface area contributed by atoms with E-state index in [2.05, 4.69) is 70.2 Å². The average molecular weight is 449 g/mol. The van der Waals surface area contributed by atoms with Crippen molar-refractivity contribution in [2.24, 2.45) is 0 Å². The minimum atomic E-state index is -0.754. The Morgan fingerprint density at radius 2 is 1.58 bits per heavy atom. The molecule has 0 spiro atoms. The molecule has 0 unspecified atom stereocenters. The van der Waals surface area contributed by atoms with Crippen molar-refractivity contribution in [3.8, 4) is 0 Å². The summed E-state index contributed by atoms with van der Waals surface area (Å²) in [4.78, 5) is 11.0. The predicted molar refractivity (Wildman–Crippen MR) is 137 cm³/mol. The van der Waals surface area contributed by atoms with E-state index >= 15 is 0 Å². The molecule has 2 aromatic carbocycles. The molecule has 0 bridgehead atoms. The predicted octanol–water partition coefficient (Wildman–Crippen LogP) is 7.14. The van der Waals surface area contributed by atoms with Gasteiger partial charge in [0.15, 0.2) is 0 Å². The SMILES string of the molecule is CCC(CC)(c1ccc(C=CC2(O)CCCCC2)c(C)c1)c1ccc(CCC(=O)O)c(C)c1. The maximum Gasteiger partial charge on any atom is 0.303 e. The van der Waals surface area contributed by atoms with Gasteiger partial charge < -0.3 is 10.2 Å². The molecule has 3 rings (SSSR count). The van der Waals surface area contributed by atoms with Crippen LogP contribution >= 0.6 is 0 Å². The Balaban J connectivity index is 1.90. The number of benzene rings is 2. The van der Waals surface area contributed by atoms with Crippen LogP contribution in [0.25, 0.3) is 6.08 Å². The zero-order chi connectivity index (χ0) is 24.1. The Kier molecular flexibility index (Phi) is 8.18. The number of carboxylic acid groups (broad SMARTS) is 1. The minimum Gasteiger partial charge on any atom is -0.481 e. The first kappa shape index (κ1) is 25.2. The van der Waals surface area contributed by atoms with Gasteiger partial charge in [0.25, 0.3) is 0 Å². The molecule has 0 aromatic heterocycles. The highest BCUT2D eigenvalue weighted by molar-refractivity contribution is 5.67. The summed E-state index contributed by atoms with van der Waals surface area (Å²) in [6.45, 7) is 8.74. The highest BCUT2D eigenvalue weighted by Crippen LogP contribution is 2.40. The van der Waals surface area contributed by atoms with Crippen LogP contribution in [0.1, 0.15) is 98.6 Å². The van der Waals surface area contributed by atoms with Gasteiger partial charge in [-0.15, -0.1) is 0 Å². The maximum absolute atomic E-state index is 11.0. The lowest BCUT2D eigenvalue weighted by atomic mass is 9.69. The Hall–Kier alpha value is -2.39. The smallest absolute Gasteiger partial charge is 0.303 e. The van der Waals surface area contributed by atoms with Gasteiger partial charge in [-0.3, -0.25) is 4.79 Å². The van der Waals surface area contributed by atoms with Crippen LogP contribution < -0.4 is 0 Å². The Morgan fingerprint density at radius 3 is 2.12 bits per heavy atom. The molecule has 33 heavy (non-hydrogen) atoms. The summed E-state index contributed by atoms with van der Waals surface area (Å²) in [5.74, 6) is -0.754. The van der Waals surface area contributed by atoms with Gasteiger partial charge in [-0.05, 0) is 79.3 Å². The van der Waals surface area contributed by atoms with Crippen LogP contribution in [0.3, 0.4) is 0 Å². The van der Waals surface area contributed by atoms with E-state index in [9.17, 15) is 9.90 Å². The first-order valence-electron chi connectivity index (χ1n) is 12.6. The third-order valence-corrected chi connectivity index (χ3v) is 7.83. The summed E-state index contributed by atoms with van der Waals surface area (Å²) in [7, 11) is 0. The van der Waals surface area contributed by atoms with E-state index in [4.69, 9.17) is 5.11 Å². The lowest BCUT2D eigenvalue weighted by Crippen LogP contribution is -2.28. The van der Waals surface area contributed by atoms with Crippen molar-refractivity contribution in [3.05, 3.63) is 75.9 Å². The first-order chi connectivity index (χ1) is 15.7. The van der Waals surface area contributed by atoms with Gasteiger partial charge in [-0.1, -0.05) is 81.7 Å². The fourth-order valence-electron chi connectivity index (χ4n) is 5.48. The number of hydrogen-bond acceptors (Lipinski definition) is 2. The highest BCUT2D eigenvalue weighted by atomic mass is 16.4. The molecule has 1 saturated carbocycles. The number of aliphatic carboxylic acids is 1. The van der Waals surface area contributed by atoms with Gasteiger partial charge in [0.2, 0.25) is 0 Å². The topological polar surface area (TPSA) is 57.5 Å². The number of aryl methyl sites for hydroxylation is 3. The number of aliphatic hydroxyl groups is 1. The Morgan fingerprint density at radius 1 is 0.970 bits per heavy atom. The second-order valence-electron chi connectivity index (χ2n) is 9.89. The van der Waals surface area contributed by atoms with Crippen LogP contribution in [0, 0.1) is 13.8 Å². The second-order valence-corrected chi connectivity index (χ2v) is 9.89. The van der Waals surface area contributed by atoms with E-state index in [1.807, 2.05) is 6.08 Å². The average Bonchev–Trinajstić information content (AvgIpc) is 2.79. The molecule has 1 fully saturated rings. The maximum atomic E-state index is 11.0. The fraction of sp³-hybridized carbons (Fsp3) is 0.500. The third kappa shape index (κ3) is 5.76. The Bertz CT molecular complexity index is 992. The summed E-state index contributed by atoms with van der Waals surface area (Å²) in [5, 5.41) is 19.9. The lowest BCUT2D eigenvalue weighted by Gasteiger charge is -2.34. The largest absolute Gasteiger partial charge is 0.481 e. The number of carboxylic acids is 1. The zero-order valence-electron chi connectivity index (χ0n) is 20.8. The van der Waals surface area contributed by atoms with Gasteiger partial charge in [-0.2, -0.15) is 0 Å². The van der Waals surface area contributed by atoms with E-state index in [0.29, 0.717) is 6.42 Å². The molecule has 1 aliphatic carbocycles. The van der Waals surface area contributed by atoms with Crippen molar-refractivity contribution >= 4 is 12.0 Å². The van der Waals surface area contributed by atoms with Gasteiger partial charge >= 0.3 is 5.97 Å². The molecule has 178 valence electrons. The summed E-state index contributed by atoms with van der Waals surface area (Å²) in [5.41, 5.74) is 6.55. The molecular formula is C30H40O3. The van der Waals surface area contributed by atoms with Gasteiger partial charge in [-0.25, -0.2) is 0 Å². The van der Waals surface area contributed by atoms with E-state index in [-0.39, 0.29) is 11.8 Å². The molecule has 3 nitrogen and oxygen atoms in total. The third-order valence-electron chi connectivity index (χ3n) is 7.83. The molecule has 0 heterocycles. The van der Waals surface area contributed by atoms with Crippen LogP contribution in [0.5, 0.6) is 0 Å². The summed E-state index contributed by atoms with van der Waals surface area (Å²) < 4.78 is 0. The van der Waals surface area contributed by atoms with E-state index in [0.717, 1.165) is 49.7 Å². The van der Waals surface area contributed by atoms with Crippen LogP contribution in [0.2, 0.25) is 0 Å². The van der Waals surface area contributed by atoms with Crippen molar-refractivity contribution in [1.82, 2.24) is 0 Å². The fourth-order valence-corrected chi connectivity index (χ4v) is 5.48. The number of carbonyl (C=O) groups is 1. The molecule has 1 aliphatic rings. The molecule has 0 saturated heterocycles. The quantitative estimate of drug-likeness (QED) is 0.429. The summed E-state index contributed by atoms with van der Waals surface area (Å²) >= 11 is 0. The number of rotatable bonds is 9. The van der Waals surface area contributed by atoms with Crippen LogP contribution in [0.4, 0.5) is 0 Å². The second kappa shape index (κ2) is 10.7. The lowest BCUT2D eigenvalue weighted by molar-refractivity contribution is -0.136. The normalized spacial score (nSPS) is 16.3. The zero-order valence-corrected chi connectivity index (χ0v) is 20.8. The minimum absolute atomic E-state index is 0.0787. The van der Waals surface area contributed by atoms with E-state index in [1.165, 1.54) is 28.7 Å². The number of hydrogen-bond donors (Lipinski definition) is 2. The van der Waals surface area contributed by atoms with Crippen molar-refractivity contribution in [2.45, 2.75) is 96.5 Å². The summed E-state index contributed by atoms with van der Waals surface area (Å²) in [6.07, 6.45) is 12.0. The molecule has 3 heteroatoms. The van der Waals surface area contributed by atoms with E-state index < -0.39 is 11.6 Å². The van der Waals surface area contributed by atoms with Crippen LogP contribution in [-0.4, -0.2) is 21.8 Å². The van der Waals surface area contributed by atoms with Crippen molar-refractivity contribution in [3.63, 3.8) is 0 Å². The van der Waals surface area contributed by atoms with Crippen molar-refractivity contribution in [1.29, 1.82) is 0 Å². The van der Waals surface area contributed by atoms with E-state index in [1.54, 1.807) is 0 Å². The first-order valence-corrected chi connectivity index (χ1v) is 12.6. The molecular weight excluding hydrogens is 408 g/mol. The van der Waals surface area contributed by atoms with Crippen molar-refractivity contribution < 1.29 is 15.0 Å².